The third-order valence-corrected chi connectivity index (χ3v) is 3.39. The molecule has 120 valence electrons. The second kappa shape index (κ2) is 8.82. The van der Waals surface area contributed by atoms with Crippen molar-refractivity contribution in [1.29, 1.82) is 0 Å². The molecule has 0 rings (SSSR count). The van der Waals surface area contributed by atoms with Gasteiger partial charge in [0.15, 0.2) is 0 Å². The van der Waals surface area contributed by atoms with E-state index in [1.165, 1.54) is 0 Å². The second-order valence-electron chi connectivity index (χ2n) is 2.30. The van der Waals surface area contributed by atoms with E-state index >= 15 is 0 Å². The number of halogens is 8. The maximum absolute atomic E-state index is 11.5. The van der Waals surface area contributed by atoms with E-state index < -0.39 is 68.7 Å². The van der Waals surface area contributed by atoms with Crippen LogP contribution in [-0.2, 0) is 21.9 Å². The van der Waals surface area contributed by atoms with Crippen molar-refractivity contribution in [1.82, 2.24) is 0 Å². The first kappa shape index (κ1) is 19.6. The summed E-state index contributed by atoms with van der Waals surface area (Å²) in [6, 6.07) is 0. The van der Waals surface area contributed by atoms with E-state index in [4.69, 9.17) is 0 Å². The Morgan fingerprint density at radius 3 is 1.30 bits per heavy atom. The summed E-state index contributed by atoms with van der Waals surface area (Å²) in [6.07, 6.45) is -9.15. The first-order chi connectivity index (χ1) is 8.99. The van der Waals surface area contributed by atoms with Crippen molar-refractivity contribution in [2.45, 2.75) is 12.7 Å². The first-order valence-electron chi connectivity index (χ1n) is 3.89. The van der Waals surface area contributed by atoms with Gasteiger partial charge in [-0.2, -0.15) is 0 Å². The number of hydrogen-bond donors (Lipinski definition) is 0. The SMILES string of the molecule is O=C(/C=C\C(=O)O[I-]OC(F)(F)F)O[I-]OC(F)(F)F. The summed E-state index contributed by atoms with van der Waals surface area (Å²) in [4.78, 5) is 21.5. The van der Waals surface area contributed by atoms with Crippen LogP contribution in [-0.4, -0.2) is 24.7 Å². The van der Waals surface area contributed by atoms with Gasteiger partial charge in [0.2, 0.25) is 0 Å². The van der Waals surface area contributed by atoms with E-state index in [-0.39, 0.29) is 0 Å². The average Bonchev–Trinajstić information content (AvgIpc) is 2.22. The van der Waals surface area contributed by atoms with Crippen molar-refractivity contribution < 1.29 is 92.3 Å². The van der Waals surface area contributed by atoms with Gasteiger partial charge >= 0.3 is 129 Å². The third kappa shape index (κ3) is 14.1. The van der Waals surface area contributed by atoms with Gasteiger partial charge in [0.25, 0.3) is 0 Å². The van der Waals surface area contributed by atoms with Crippen LogP contribution >= 0.6 is 0 Å². The number of carbonyl (C=O) groups is 2. The monoisotopic (exact) mass is 538 g/mol. The fraction of sp³-hybridized carbons (Fsp3) is 0.333. The molecule has 0 atom stereocenters. The quantitative estimate of drug-likeness (QED) is 0.193. The van der Waals surface area contributed by atoms with Crippen molar-refractivity contribution in [2.24, 2.45) is 0 Å². The Morgan fingerprint density at radius 1 is 0.750 bits per heavy atom. The normalized spacial score (nSPS) is 12.9. The van der Waals surface area contributed by atoms with Crippen LogP contribution in [0.3, 0.4) is 0 Å². The zero-order chi connectivity index (χ0) is 15.8. The predicted molar refractivity (Wildman–Crippen MR) is 35.6 cm³/mol. The average molecular weight is 538 g/mol. The van der Waals surface area contributed by atoms with Gasteiger partial charge in [-0.05, 0) is 0 Å². The van der Waals surface area contributed by atoms with Crippen LogP contribution in [0.5, 0.6) is 0 Å². The molecule has 0 aromatic heterocycles. The van der Waals surface area contributed by atoms with E-state index in [1.54, 1.807) is 0 Å². The Morgan fingerprint density at radius 2 is 1.05 bits per heavy atom. The molecule has 0 fully saturated rings. The Hall–Kier alpha value is -0.360. The van der Waals surface area contributed by atoms with Crippen molar-refractivity contribution in [3.8, 4) is 0 Å². The summed E-state index contributed by atoms with van der Waals surface area (Å²) >= 11 is -4.82. The van der Waals surface area contributed by atoms with Crippen molar-refractivity contribution in [3.05, 3.63) is 12.2 Å². The molecule has 0 amide bonds. The molecule has 0 radical (unpaired) electrons. The third-order valence-electron chi connectivity index (χ3n) is 0.809. The fourth-order valence-electron chi connectivity index (χ4n) is 0.353. The van der Waals surface area contributed by atoms with Gasteiger partial charge in [-0.25, -0.2) is 0 Å². The topological polar surface area (TPSA) is 71.1 Å². The van der Waals surface area contributed by atoms with Gasteiger partial charge in [0.1, 0.15) is 0 Å². The molecule has 14 heteroatoms. The second-order valence-corrected chi connectivity index (χ2v) is 4.78. The van der Waals surface area contributed by atoms with Crippen LogP contribution in [0, 0.1) is 0 Å². The van der Waals surface area contributed by atoms with E-state index in [9.17, 15) is 35.9 Å². The predicted octanol–water partition coefficient (Wildman–Crippen LogP) is -4.46. The van der Waals surface area contributed by atoms with Crippen LogP contribution < -0.4 is 44.1 Å². The van der Waals surface area contributed by atoms with Crippen LogP contribution in [0.4, 0.5) is 26.3 Å². The molecule has 0 aromatic rings. The summed E-state index contributed by atoms with van der Waals surface area (Å²) in [5.74, 6) is -2.68. The van der Waals surface area contributed by atoms with Crippen LogP contribution in [0.25, 0.3) is 0 Å². The minimum absolute atomic E-state index is 0.374. The Labute approximate surface area is 129 Å². The number of alkyl halides is 6. The van der Waals surface area contributed by atoms with E-state index in [2.05, 4.69) is 12.3 Å². The molecule has 6 nitrogen and oxygen atoms in total. The molecule has 0 aliphatic carbocycles. The summed E-state index contributed by atoms with van der Waals surface area (Å²) in [5.41, 5.74) is 0. The van der Waals surface area contributed by atoms with Gasteiger partial charge in [-0.15, -0.1) is 0 Å². The summed E-state index contributed by atoms with van der Waals surface area (Å²) < 4.78 is 83.1. The fourth-order valence-corrected chi connectivity index (χ4v) is 1.59. The molecule has 0 unspecified atom stereocenters. The number of carbonyl (C=O) groups excluding carboxylic acids is 2. The molecule has 0 saturated heterocycles. The standard InChI is InChI=1S/C6H2F6I2O6/c7-5(8,9)19-13-17-3(15)1-2-4(16)18-14-20-6(10,11)12/h1-2H/q-2/b2-1-. The first-order valence-corrected chi connectivity index (χ1v) is 7.41. The minimum atomic E-state index is -4.95. The summed E-state index contributed by atoms with van der Waals surface area (Å²) in [7, 11) is 0. The van der Waals surface area contributed by atoms with E-state index in [1.807, 2.05) is 0 Å². The molecule has 0 heterocycles. The molecule has 0 N–H and O–H groups in total. The number of rotatable bonds is 6. The van der Waals surface area contributed by atoms with E-state index in [0.29, 0.717) is 12.2 Å². The molecule has 0 aromatic carbocycles. The van der Waals surface area contributed by atoms with Crippen molar-refractivity contribution in [3.63, 3.8) is 0 Å². The van der Waals surface area contributed by atoms with Crippen LogP contribution in [0.15, 0.2) is 12.2 Å². The zero-order valence-corrected chi connectivity index (χ0v) is 12.9. The molecule has 0 saturated carbocycles. The van der Waals surface area contributed by atoms with Gasteiger partial charge in [0, 0.05) is 0 Å². The van der Waals surface area contributed by atoms with Crippen molar-refractivity contribution in [2.75, 3.05) is 0 Å². The molecular weight excluding hydrogens is 536 g/mol. The number of hydrogen-bond acceptors (Lipinski definition) is 6. The van der Waals surface area contributed by atoms with Crippen molar-refractivity contribution >= 4 is 11.9 Å². The van der Waals surface area contributed by atoms with Gasteiger partial charge in [-0.1, -0.05) is 0 Å². The van der Waals surface area contributed by atoms with Gasteiger partial charge in [0.05, 0.1) is 0 Å². The van der Waals surface area contributed by atoms with Gasteiger partial charge < -0.3 is 0 Å². The Bertz CT molecular complexity index is 332. The Kier molecular flexibility index (Phi) is 8.66. The molecular formula is C6H2F6I2O6-2. The molecule has 0 aliphatic rings. The molecule has 0 bridgehead atoms. The summed E-state index contributed by atoms with van der Waals surface area (Å²) in [6.45, 7) is 0. The van der Waals surface area contributed by atoms with Gasteiger partial charge in [-0.3, -0.25) is 0 Å². The Balaban J connectivity index is 3.86. The van der Waals surface area contributed by atoms with E-state index in [0.717, 1.165) is 0 Å². The zero-order valence-electron chi connectivity index (χ0n) is 8.63. The van der Waals surface area contributed by atoms with Crippen LogP contribution in [0.2, 0.25) is 0 Å². The molecule has 0 spiro atoms. The molecule has 0 aliphatic heterocycles. The molecule has 20 heavy (non-hydrogen) atoms. The van der Waals surface area contributed by atoms with Crippen LogP contribution in [0.1, 0.15) is 0 Å². The maximum atomic E-state index is 11.5. The summed E-state index contributed by atoms with van der Waals surface area (Å²) in [5, 5.41) is 0.